The Morgan fingerprint density at radius 3 is 2.39 bits per heavy atom. The predicted molar refractivity (Wildman–Crippen MR) is 104 cm³/mol. The van der Waals surface area contributed by atoms with E-state index >= 15 is 0 Å². The maximum Gasteiger partial charge on any atom is 0.387 e. The Bertz CT molecular complexity index is 1130. The van der Waals surface area contributed by atoms with Crippen molar-refractivity contribution in [3.63, 3.8) is 0 Å². The second-order valence-corrected chi connectivity index (χ2v) is 6.22. The van der Waals surface area contributed by atoms with Crippen LogP contribution in [0, 0.1) is 6.92 Å². The molecular formula is C20H17F2N5O. The molecule has 4 aromatic rings. The number of halogens is 2. The van der Waals surface area contributed by atoms with Crippen LogP contribution >= 0.6 is 0 Å². The van der Waals surface area contributed by atoms with Crippen molar-refractivity contribution in [1.29, 1.82) is 0 Å². The highest BCUT2D eigenvalue weighted by atomic mass is 19.3. The van der Waals surface area contributed by atoms with Gasteiger partial charge in [-0.15, -0.1) is 0 Å². The number of fused-ring (bicyclic) bond motifs is 1. The monoisotopic (exact) mass is 381 g/mol. The van der Waals surface area contributed by atoms with E-state index in [0.29, 0.717) is 22.6 Å². The maximum absolute atomic E-state index is 12.3. The van der Waals surface area contributed by atoms with E-state index in [1.54, 1.807) is 18.2 Å². The van der Waals surface area contributed by atoms with E-state index in [2.05, 4.69) is 14.7 Å². The molecule has 0 saturated carbocycles. The number of pyridine rings is 1. The Kier molecular flexibility index (Phi) is 4.31. The van der Waals surface area contributed by atoms with E-state index in [-0.39, 0.29) is 11.6 Å². The van der Waals surface area contributed by atoms with Crippen molar-refractivity contribution < 1.29 is 13.5 Å². The highest BCUT2D eigenvalue weighted by Gasteiger charge is 2.15. The van der Waals surface area contributed by atoms with Crippen LogP contribution in [0.4, 0.5) is 20.3 Å². The van der Waals surface area contributed by atoms with E-state index in [1.165, 1.54) is 12.1 Å². The number of alkyl halides is 2. The molecule has 0 aliphatic rings. The molecule has 2 aromatic heterocycles. The quantitative estimate of drug-likeness (QED) is 0.554. The molecule has 142 valence electrons. The van der Waals surface area contributed by atoms with Gasteiger partial charge < -0.3 is 16.2 Å². The van der Waals surface area contributed by atoms with E-state index in [4.69, 9.17) is 11.5 Å². The van der Waals surface area contributed by atoms with E-state index in [0.717, 1.165) is 16.9 Å². The number of hydrogen-bond donors (Lipinski definition) is 2. The largest absolute Gasteiger partial charge is 0.435 e. The van der Waals surface area contributed by atoms with Crippen molar-refractivity contribution in [3.8, 4) is 22.7 Å². The molecule has 0 atom stereocenters. The first-order valence-electron chi connectivity index (χ1n) is 8.49. The normalized spacial score (nSPS) is 11.3. The average Bonchev–Trinajstić information content (AvgIpc) is 2.97. The highest BCUT2D eigenvalue weighted by molar-refractivity contribution is 5.86. The number of benzene rings is 2. The van der Waals surface area contributed by atoms with Crippen LogP contribution in [0.1, 0.15) is 5.82 Å². The van der Waals surface area contributed by atoms with Gasteiger partial charge in [0.2, 0.25) is 0 Å². The van der Waals surface area contributed by atoms with Gasteiger partial charge in [-0.3, -0.25) is 4.57 Å². The summed E-state index contributed by atoms with van der Waals surface area (Å²) in [6, 6.07) is 15.5. The molecule has 0 spiro atoms. The minimum absolute atomic E-state index is 0.0565. The van der Waals surface area contributed by atoms with Gasteiger partial charge in [-0.25, -0.2) is 9.97 Å². The van der Waals surface area contributed by atoms with Crippen LogP contribution in [0.25, 0.3) is 28.0 Å². The van der Waals surface area contributed by atoms with Gasteiger partial charge >= 0.3 is 6.61 Å². The van der Waals surface area contributed by atoms with Crippen LogP contribution in [0.3, 0.4) is 0 Å². The third-order valence-corrected chi connectivity index (χ3v) is 4.39. The summed E-state index contributed by atoms with van der Waals surface area (Å²) in [7, 11) is 0. The molecule has 4 N–H and O–H groups in total. The standard InChI is InChI=1S/C20H17F2N5O/c1-11-25-15-4-2-3-5-16(15)27(11)17-10-14(23)18(19(24)26-17)12-6-8-13(9-7-12)28-20(21)22/h2-10,20H,1H3,(H4,23,24,26). The molecule has 0 aliphatic heterocycles. The van der Waals surface area contributed by atoms with Crippen LogP contribution < -0.4 is 16.2 Å². The molecule has 0 radical (unpaired) electrons. The summed E-state index contributed by atoms with van der Waals surface area (Å²) in [6.45, 7) is -1.00. The van der Waals surface area contributed by atoms with Crippen molar-refractivity contribution in [3.05, 3.63) is 60.4 Å². The van der Waals surface area contributed by atoms with Gasteiger partial charge in [-0.2, -0.15) is 8.78 Å². The molecule has 6 nitrogen and oxygen atoms in total. The van der Waals surface area contributed by atoms with Gasteiger partial charge in [0.25, 0.3) is 0 Å². The number of rotatable bonds is 4. The Hall–Kier alpha value is -3.68. The number of nitrogen functional groups attached to an aromatic ring is 2. The lowest BCUT2D eigenvalue weighted by molar-refractivity contribution is -0.0498. The first-order valence-corrected chi connectivity index (χ1v) is 8.49. The van der Waals surface area contributed by atoms with Crippen LogP contribution in [-0.2, 0) is 0 Å². The molecule has 0 fully saturated rings. The summed E-state index contributed by atoms with van der Waals surface area (Å²) < 4.78 is 30.9. The topological polar surface area (TPSA) is 92.0 Å². The summed E-state index contributed by atoms with van der Waals surface area (Å²) in [5, 5.41) is 0. The van der Waals surface area contributed by atoms with E-state index in [1.807, 2.05) is 35.8 Å². The smallest absolute Gasteiger partial charge is 0.387 e. The Morgan fingerprint density at radius 2 is 1.71 bits per heavy atom. The van der Waals surface area contributed by atoms with Gasteiger partial charge in [-0.1, -0.05) is 24.3 Å². The van der Waals surface area contributed by atoms with Crippen molar-refractivity contribution in [2.24, 2.45) is 0 Å². The van der Waals surface area contributed by atoms with Gasteiger partial charge in [0.05, 0.1) is 11.0 Å². The molecule has 4 rings (SSSR count). The summed E-state index contributed by atoms with van der Waals surface area (Å²) >= 11 is 0. The molecule has 28 heavy (non-hydrogen) atoms. The van der Waals surface area contributed by atoms with Crippen molar-refractivity contribution in [1.82, 2.24) is 14.5 Å². The van der Waals surface area contributed by atoms with Crippen molar-refractivity contribution >= 4 is 22.5 Å². The second kappa shape index (κ2) is 6.80. The molecule has 0 unspecified atom stereocenters. The number of aryl methyl sites for hydroxylation is 1. The molecule has 0 bridgehead atoms. The lowest BCUT2D eigenvalue weighted by Crippen LogP contribution is -2.06. The number of para-hydroxylation sites is 2. The summed E-state index contributed by atoms with van der Waals surface area (Å²) in [6.07, 6.45) is 0. The third-order valence-electron chi connectivity index (χ3n) is 4.39. The minimum Gasteiger partial charge on any atom is -0.435 e. The summed E-state index contributed by atoms with van der Waals surface area (Å²) in [5.74, 6) is 1.60. The summed E-state index contributed by atoms with van der Waals surface area (Å²) in [5.41, 5.74) is 15.8. The zero-order valence-electron chi connectivity index (χ0n) is 14.9. The molecular weight excluding hydrogens is 364 g/mol. The van der Waals surface area contributed by atoms with Gasteiger partial charge in [-0.05, 0) is 36.8 Å². The fraction of sp³-hybridized carbons (Fsp3) is 0.100. The molecule has 0 aliphatic carbocycles. The number of aromatic nitrogens is 3. The van der Waals surface area contributed by atoms with Crippen molar-refractivity contribution in [2.75, 3.05) is 11.5 Å². The molecule has 2 heterocycles. The zero-order chi connectivity index (χ0) is 19.8. The Balaban J connectivity index is 1.78. The predicted octanol–water partition coefficient (Wildman–Crippen LogP) is 4.16. The van der Waals surface area contributed by atoms with Crippen molar-refractivity contribution in [2.45, 2.75) is 13.5 Å². The number of nitrogens with two attached hydrogens (primary N) is 2. The number of anilines is 2. The Labute approximate surface area is 159 Å². The van der Waals surface area contributed by atoms with Crippen LogP contribution in [0.5, 0.6) is 5.75 Å². The second-order valence-electron chi connectivity index (χ2n) is 6.22. The Morgan fingerprint density at radius 1 is 1.00 bits per heavy atom. The lowest BCUT2D eigenvalue weighted by atomic mass is 10.0. The summed E-state index contributed by atoms with van der Waals surface area (Å²) in [4.78, 5) is 9.03. The fourth-order valence-corrected chi connectivity index (χ4v) is 3.24. The molecule has 8 heteroatoms. The van der Waals surface area contributed by atoms with E-state index < -0.39 is 6.61 Å². The zero-order valence-corrected chi connectivity index (χ0v) is 14.9. The van der Waals surface area contributed by atoms with Crippen LogP contribution in [-0.4, -0.2) is 21.1 Å². The maximum atomic E-state index is 12.3. The van der Waals surface area contributed by atoms with Crippen LogP contribution in [0.2, 0.25) is 0 Å². The fourth-order valence-electron chi connectivity index (χ4n) is 3.24. The number of ether oxygens (including phenoxy) is 1. The van der Waals surface area contributed by atoms with E-state index in [9.17, 15) is 8.78 Å². The first kappa shape index (κ1) is 17.7. The average molecular weight is 381 g/mol. The van der Waals surface area contributed by atoms with Gasteiger partial charge in [0.1, 0.15) is 23.2 Å². The van der Waals surface area contributed by atoms with Gasteiger partial charge in [0, 0.05) is 17.3 Å². The molecule has 0 saturated heterocycles. The molecule has 2 aromatic carbocycles. The highest BCUT2D eigenvalue weighted by Crippen LogP contribution is 2.34. The minimum atomic E-state index is -2.88. The number of nitrogens with zero attached hydrogens (tertiary/aromatic N) is 3. The third kappa shape index (κ3) is 3.09. The first-order chi connectivity index (χ1) is 13.4. The van der Waals surface area contributed by atoms with Crippen LogP contribution in [0.15, 0.2) is 54.6 Å². The lowest BCUT2D eigenvalue weighted by Gasteiger charge is -2.14. The molecule has 0 amide bonds. The SMILES string of the molecule is Cc1nc2ccccc2n1-c1cc(N)c(-c2ccc(OC(F)F)cc2)c(N)n1. The number of imidazole rings is 1. The van der Waals surface area contributed by atoms with Gasteiger partial charge in [0.15, 0.2) is 0 Å². The number of hydrogen-bond acceptors (Lipinski definition) is 5.